The molecule has 0 amide bonds. The van der Waals surface area contributed by atoms with E-state index in [1.807, 2.05) is 6.92 Å². The first-order valence-electron chi connectivity index (χ1n) is 1.55. The zero-order chi connectivity index (χ0) is 4.99. The van der Waals surface area contributed by atoms with Crippen LogP contribution in [0.15, 0.2) is 0 Å². The maximum atomic E-state index is 4.73. The molecule has 0 bridgehead atoms. The fourth-order valence-electron chi connectivity index (χ4n) is 0.102. The van der Waals surface area contributed by atoms with Gasteiger partial charge < -0.3 is 0 Å². The average molecular weight is 133 g/mol. The van der Waals surface area contributed by atoms with E-state index in [1.165, 1.54) is 0 Å². The van der Waals surface area contributed by atoms with Gasteiger partial charge in [0.25, 0.3) is 0 Å². The lowest BCUT2D eigenvalue weighted by Gasteiger charge is -1.84. The second-order valence-corrected chi connectivity index (χ2v) is 3.71. The number of rotatable bonds is 1. The minimum atomic E-state index is 0.912. The van der Waals surface area contributed by atoms with Gasteiger partial charge in [0.2, 0.25) is 0 Å². The van der Waals surface area contributed by atoms with E-state index in [-0.39, 0.29) is 0 Å². The molecule has 33 valence electrons. The van der Waals surface area contributed by atoms with Crippen molar-refractivity contribution in [3.8, 4) is 0 Å². The lowest BCUT2D eigenvalue weighted by Crippen LogP contribution is -1.78. The van der Waals surface area contributed by atoms with Crippen molar-refractivity contribution in [2.75, 3.05) is 5.38 Å². The van der Waals surface area contributed by atoms with Gasteiger partial charge in [-0.05, 0) is 12.3 Å². The third-order valence-electron chi connectivity index (χ3n) is 0.275. The Hall–Kier alpha value is 0.657. The minimum absolute atomic E-state index is 0.912. The fraction of sp³-hybridized carbons (Fsp3) is 0.667. The Morgan fingerprint density at radius 1 is 2.00 bits per heavy atom. The number of hydrogen-bond acceptors (Lipinski definition) is 2. The maximum absolute atomic E-state index is 4.73. The third-order valence-corrected chi connectivity index (χ3v) is 1.61. The van der Waals surface area contributed by atoms with Gasteiger partial charge in [0, 0.05) is 14.4 Å². The summed E-state index contributed by atoms with van der Waals surface area (Å²) in [5.74, 6) is 0. The summed E-state index contributed by atoms with van der Waals surface area (Å²) in [6.45, 7) is 1.92. The van der Waals surface area contributed by atoms with Gasteiger partial charge in [-0.1, -0.05) is 12.2 Å². The summed E-state index contributed by atoms with van der Waals surface area (Å²) in [7, 11) is 3.27. The van der Waals surface area contributed by atoms with Gasteiger partial charge in [0.05, 0.1) is 0 Å². The summed E-state index contributed by atoms with van der Waals surface area (Å²) in [5.41, 5.74) is 0. The van der Waals surface area contributed by atoms with Gasteiger partial charge in [-0.25, -0.2) is 0 Å². The van der Waals surface area contributed by atoms with Crippen LogP contribution in [0.5, 0.6) is 0 Å². The lowest BCUT2D eigenvalue weighted by atomic mass is 11.0. The predicted octanol–water partition coefficient (Wildman–Crippen LogP) is 1.19. The summed E-state index contributed by atoms with van der Waals surface area (Å²) in [6.07, 6.45) is 0. The molecule has 0 saturated carbocycles. The Balaban J connectivity index is 2.83. The highest BCUT2D eigenvalue weighted by Gasteiger charge is 1.79. The molecule has 0 nitrogen and oxygen atoms in total. The Kier molecular flexibility index (Phi) is 4.25. The van der Waals surface area contributed by atoms with Gasteiger partial charge in [-0.15, -0.1) is 11.8 Å². The monoisotopic (exact) mass is 133 g/mol. The maximum Gasteiger partial charge on any atom is 0.0444 e. The normalized spacial score (nSPS) is 8.33. The zero-order valence-corrected chi connectivity index (χ0v) is 6.16. The second-order valence-electron chi connectivity index (χ2n) is 0.780. The van der Waals surface area contributed by atoms with E-state index in [4.69, 9.17) is 12.2 Å². The Morgan fingerprint density at radius 3 is 2.50 bits per heavy atom. The average Bonchev–Trinajstić information content (AvgIpc) is 1.35. The molecule has 0 aromatic carbocycles. The van der Waals surface area contributed by atoms with Crippen molar-refractivity contribution in [3.05, 3.63) is 0 Å². The molecule has 0 spiro atoms. The fourth-order valence-corrected chi connectivity index (χ4v) is 1.45. The topological polar surface area (TPSA) is 0 Å². The molecule has 0 aliphatic rings. The molecular formula is C3H5S2Si. The highest BCUT2D eigenvalue weighted by Crippen LogP contribution is 1.98. The molecular weight excluding hydrogens is 128 g/mol. The SMILES string of the molecule is CC(=S)SC[Si]. The van der Waals surface area contributed by atoms with Crippen LogP contribution in [0, 0.1) is 0 Å². The van der Waals surface area contributed by atoms with Crippen molar-refractivity contribution < 1.29 is 0 Å². The van der Waals surface area contributed by atoms with Gasteiger partial charge in [-0.3, -0.25) is 0 Å². The van der Waals surface area contributed by atoms with E-state index in [2.05, 4.69) is 10.2 Å². The van der Waals surface area contributed by atoms with Crippen LogP contribution < -0.4 is 0 Å². The standard InChI is InChI=1S/C3H5S2Si/c1-3(4)5-2-6/h2H2,1H3. The number of thiocarbonyl (C=S) groups is 1. The van der Waals surface area contributed by atoms with Gasteiger partial charge >= 0.3 is 0 Å². The van der Waals surface area contributed by atoms with Crippen LogP contribution in [-0.4, -0.2) is 19.8 Å². The lowest BCUT2D eigenvalue weighted by molar-refractivity contribution is 2.10. The summed E-state index contributed by atoms with van der Waals surface area (Å²) in [4.78, 5) is 0. The van der Waals surface area contributed by atoms with Crippen LogP contribution in [0.25, 0.3) is 0 Å². The highest BCUT2D eigenvalue weighted by molar-refractivity contribution is 8.23. The molecule has 0 atom stereocenters. The Bertz CT molecular complexity index is 52.8. The van der Waals surface area contributed by atoms with Crippen LogP contribution in [0.3, 0.4) is 0 Å². The quantitative estimate of drug-likeness (QED) is 0.389. The van der Waals surface area contributed by atoms with Gasteiger partial charge in [0.1, 0.15) is 0 Å². The largest absolute Gasteiger partial charge is 0.123 e. The molecule has 0 aromatic heterocycles. The molecule has 0 unspecified atom stereocenters. The van der Waals surface area contributed by atoms with Crippen LogP contribution in [0.2, 0.25) is 0 Å². The molecule has 0 rings (SSSR count). The van der Waals surface area contributed by atoms with E-state index < -0.39 is 0 Å². The molecule has 0 fully saturated rings. The summed E-state index contributed by atoms with van der Waals surface area (Å²) < 4.78 is 0.991. The van der Waals surface area contributed by atoms with Crippen molar-refractivity contribution in [1.29, 1.82) is 0 Å². The first-order chi connectivity index (χ1) is 2.77. The molecule has 3 heteroatoms. The van der Waals surface area contributed by atoms with Crippen LogP contribution in [-0.2, 0) is 0 Å². The molecule has 6 heavy (non-hydrogen) atoms. The van der Waals surface area contributed by atoms with Crippen LogP contribution in [0.4, 0.5) is 0 Å². The predicted molar refractivity (Wildman–Crippen MR) is 36.5 cm³/mol. The van der Waals surface area contributed by atoms with Crippen LogP contribution >= 0.6 is 24.0 Å². The van der Waals surface area contributed by atoms with E-state index in [0.717, 1.165) is 9.57 Å². The van der Waals surface area contributed by atoms with Gasteiger partial charge in [0.15, 0.2) is 0 Å². The molecule has 0 aliphatic heterocycles. The van der Waals surface area contributed by atoms with E-state index in [0.29, 0.717) is 0 Å². The third kappa shape index (κ3) is 4.66. The van der Waals surface area contributed by atoms with E-state index in [1.54, 1.807) is 11.8 Å². The Labute approximate surface area is 51.1 Å². The van der Waals surface area contributed by atoms with Gasteiger partial charge in [-0.2, -0.15) is 0 Å². The second kappa shape index (κ2) is 3.83. The molecule has 0 heterocycles. The summed E-state index contributed by atoms with van der Waals surface area (Å²) in [5, 5.41) is 0.912. The molecule has 0 aliphatic carbocycles. The number of hydrogen-bond donors (Lipinski definition) is 0. The Morgan fingerprint density at radius 2 is 2.50 bits per heavy atom. The van der Waals surface area contributed by atoms with Crippen molar-refractivity contribution in [2.24, 2.45) is 0 Å². The van der Waals surface area contributed by atoms with Crippen molar-refractivity contribution in [1.82, 2.24) is 0 Å². The molecule has 0 saturated heterocycles. The zero-order valence-electron chi connectivity index (χ0n) is 3.52. The first kappa shape index (κ1) is 6.66. The minimum Gasteiger partial charge on any atom is -0.123 e. The molecule has 0 aromatic rings. The smallest absolute Gasteiger partial charge is 0.0444 e. The van der Waals surface area contributed by atoms with Crippen molar-refractivity contribution in [3.63, 3.8) is 0 Å². The van der Waals surface area contributed by atoms with Crippen molar-refractivity contribution in [2.45, 2.75) is 6.92 Å². The van der Waals surface area contributed by atoms with Crippen molar-refractivity contribution >= 4 is 38.4 Å². The first-order valence-corrected chi connectivity index (χ1v) is 3.65. The highest BCUT2D eigenvalue weighted by atomic mass is 32.2. The molecule has 0 N–H and O–H groups in total. The molecule has 3 radical (unpaired) electrons. The van der Waals surface area contributed by atoms with E-state index in [9.17, 15) is 0 Å². The van der Waals surface area contributed by atoms with Crippen LogP contribution in [0.1, 0.15) is 6.92 Å². The summed E-state index contributed by atoms with van der Waals surface area (Å²) in [6, 6.07) is 0. The number of thioether (sulfide) groups is 1. The summed E-state index contributed by atoms with van der Waals surface area (Å²) >= 11 is 6.36. The van der Waals surface area contributed by atoms with E-state index >= 15 is 0 Å².